The molecule has 1 aliphatic rings. The molecule has 1 heterocycles. The van der Waals surface area contributed by atoms with Crippen LogP contribution in [-0.4, -0.2) is 23.8 Å². The van der Waals surface area contributed by atoms with E-state index in [4.69, 9.17) is 23.2 Å². The third-order valence-corrected chi connectivity index (χ3v) is 4.76. The van der Waals surface area contributed by atoms with E-state index in [1.165, 1.54) is 0 Å². The van der Waals surface area contributed by atoms with E-state index in [-0.39, 0.29) is 35.6 Å². The first-order valence-electron chi connectivity index (χ1n) is 7.90. The van der Waals surface area contributed by atoms with Crippen molar-refractivity contribution < 1.29 is 14.4 Å². The Labute approximate surface area is 159 Å². The molecule has 0 saturated heterocycles. The van der Waals surface area contributed by atoms with Crippen molar-refractivity contribution in [3.8, 4) is 0 Å². The summed E-state index contributed by atoms with van der Waals surface area (Å²) < 4.78 is 0. The predicted octanol–water partition coefficient (Wildman–Crippen LogP) is 3.46. The van der Waals surface area contributed by atoms with E-state index in [0.717, 1.165) is 0 Å². The average Bonchev–Trinajstić information content (AvgIpc) is 2.74. The first-order valence-corrected chi connectivity index (χ1v) is 8.66. The molecular formula is C18H15Cl2N3O3. The first kappa shape index (κ1) is 18.2. The minimum absolute atomic E-state index is 0.0254. The van der Waals surface area contributed by atoms with Gasteiger partial charge < -0.3 is 16.0 Å². The highest BCUT2D eigenvalue weighted by Gasteiger charge is 2.27. The van der Waals surface area contributed by atoms with Gasteiger partial charge in [0.2, 0.25) is 11.8 Å². The van der Waals surface area contributed by atoms with Crippen LogP contribution in [0, 0.1) is 0 Å². The molecule has 134 valence electrons. The predicted molar refractivity (Wildman–Crippen MR) is 101 cm³/mol. The van der Waals surface area contributed by atoms with Gasteiger partial charge in [-0.2, -0.15) is 0 Å². The van der Waals surface area contributed by atoms with E-state index in [0.29, 0.717) is 22.0 Å². The Morgan fingerprint density at radius 1 is 1.08 bits per heavy atom. The van der Waals surface area contributed by atoms with Crippen molar-refractivity contribution in [1.82, 2.24) is 5.32 Å². The summed E-state index contributed by atoms with van der Waals surface area (Å²) in [6.07, 6.45) is 0.174. The summed E-state index contributed by atoms with van der Waals surface area (Å²) in [6, 6.07) is 10.8. The van der Waals surface area contributed by atoms with Gasteiger partial charge in [-0.05, 0) is 30.7 Å². The van der Waals surface area contributed by atoms with Crippen LogP contribution >= 0.6 is 23.2 Å². The van der Waals surface area contributed by atoms with E-state index in [1.807, 2.05) is 0 Å². The van der Waals surface area contributed by atoms with E-state index < -0.39 is 6.04 Å². The van der Waals surface area contributed by atoms with Gasteiger partial charge >= 0.3 is 0 Å². The standard InChI is InChI=1S/C18H15Cl2N3O3/c19-11-5-3-7-13(16(11)20)21-15(24)9-8-14-18(26)22-12-6-2-1-4-10(12)17(25)23-14/h1-7,14H,8-9H2,(H,21,24)(H,22,26)(H,23,25). The Morgan fingerprint density at radius 2 is 1.85 bits per heavy atom. The molecule has 2 aromatic rings. The molecule has 1 unspecified atom stereocenters. The third kappa shape index (κ3) is 3.98. The molecule has 0 aromatic heterocycles. The SMILES string of the molecule is O=C(CCC1NC(=O)c2ccccc2NC1=O)Nc1cccc(Cl)c1Cl. The second kappa shape index (κ2) is 7.76. The lowest BCUT2D eigenvalue weighted by Crippen LogP contribution is -2.41. The zero-order valence-electron chi connectivity index (χ0n) is 13.5. The van der Waals surface area contributed by atoms with E-state index in [1.54, 1.807) is 42.5 Å². The smallest absolute Gasteiger partial charge is 0.254 e. The number of carbonyl (C=O) groups excluding carboxylic acids is 3. The second-order valence-electron chi connectivity index (χ2n) is 5.75. The number of carbonyl (C=O) groups is 3. The maximum atomic E-state index is 12.3. The van der Waals surface area contributed by atoms with Crippen LogP contribution in [0.25, 0.3) is 0 Å². The van der Waals surface area contributed by atoms with Crippen LogP contribution in [0.4, 0.5) is 11.4 Å². The number of benzene rings is 2. The van der Waals surface area contributed by atoms with Gasteiger partial charge in [0.1, 0.15) is 6.04 Å². The fraction of sp³-hybridized carbons (Fsp3) is 0.167. The first-order chi connectivity index (χ1) is 12.5. The highest BCUT2D eigenvalue weighted by Crippen LogP contribution is 2.29. The monoisotopic (exact) mass is 391 g/mol. The molecule has 0 fully saturated rings. The Kier molecular flexibility index (Phi) is 5.44. The van der Waals surface area contributed by atoms with E-state index >= 15 is 0 Å². The van der Waals surface area contributed by atoms with Gasteiger partial charge in [-0.1, -0.05) is 41.4 Å². The number of amides is 3. The molecule has 6 nitrogen and oxygen atoms in total. The van der Waals surface area contributed by atoms with Gasteiger partial charge in [0.05, 0.1) is 27.0 Å². The van der Waals surface area contributed by atoms with Crippen molar-refractivity contribution in [1.29, 1.82) is 0 Å². The van der Waals surface area contributed by atoms with Crippen LogP contribution in [0.15, 0.2) is 42.5 Å². The molecule has 8 heteroatoms. The van der Waals surface area contributed by atoms with Crippen molar-refractivity contribution in [2.24, 2.45) is 0 Å². The molecule has 1 aliphatic heterocycles. The molecule has 3 rings (SSSR count). The maximum absolute atomic E-state index is 12.3. The summed E-state index contributed by atoms with van der Waals surface area (Å²) in [5.41, 5.74) is 1.23. The number of para-hydroxylation sites is 1. The molecule has 3 N–H and O–H groups in total. The molecule has 0 spiro atoms. The summed E-state index contributed by atoms with van der Waals surface area (Å²) in [5.74, 6) is -1.06. The number of anilines is 2. The lowest BCUT2D eigenvalue weighted by molar-refractivity contribution is -0.118. The van der Waals surface area contributed by atoms with Gasteiger partial charge in [-0.15, -0.1) is 0 Å². The molecule has 3 amide bonds. The number of halogens is 2. The zero-order chi connectivity index (χ0) is 18.7. The normalized spacial score (nSPS) is 16.2. The van der Waals surface area contributed by atoms with Gasteiger partial charge in [0.15, 0.2) is 0 Å². The van der Waals surface area contributed by atoms with Crippen LogP contribution in [0.2, 0.25) is 10.0 Å². The van der Waals surface area contributed by atoms with Crippen molar-refractivity contribution in [3.63, 3.8) is 0 Å². The second-order valence-corrected chi connectivity index (χ2v) is 6.53. The Balaban J connectivity index is 1.63. The number of fused-ring (bicyclic) bond motifs is 1. The minimum atomic E-state index is -0.810. The molecule has 1 atom stereocenters. The van der Waals surface area contributed by atoms with Crippen molar-refractivity contribution >= 4 is 52.3 Å². The van der Waals surface area contributed by atoms with Crippen molar-refractivity contribution in [3.05, 3.63) is 58.1 Å². The van der Waals surface area contributed by atoms with Crippen molar-refractivity contribution in [2.45, 2.75) is 18.9 Å². The third-order valence-electron chi connectivity index (χ3n) is 3.94. The molecule has 26 heavy (non-hydrogen) atoms. The summed E-state index contributed by atoms with van der Waals surface area (Å²) in [7, 11) is 0. The lowest BCUT2D eigenvalue weighted by Gasteiger charge is -2.14. The quantitative estimate of drug-likeness (QED) is 0.745. The zero-order valence-corrected chi connectivity index (χ0v) is 15.0. The summed E-state index contributed by atoms with van der Waals surface area (Å²) in [4.78, 5) is 36.7. The van der Waals surface area contributed by atoms with E-state index in [2.05, 4.69) is 16.0 Å². The largest absolute Gasteiger partial charge is 0.340 e. The van der Waals surface area contributed by atoms with Crippen LogP contribution in [0.3, 0.4) is 0 Å². The molecule has 0 bridgehead atoms. The van der Waals surface area contributed by atoms with E-state index in [9.17, 15) is 14.4 Å². The van der Waals surface area contributed by atoms with Crippen LogP contribution in [0.5, 0.6) is 0 Å². The Bertz CT molecular complexity index is 886. The fourth-order valence-corrected chi connectivity index (χ4v) is 2.95. The summed E-state index contributed by atoms with van der Waals surface area (Å²) in [5, 5.41) is 8.58. The highest BCUT2D eigenvalue weighted by atomic mass is 35.5. The van der Waals surface area contributed by atoms with Crippen LogP contribution in [0.1, 0.15) is 23.2 Å². The summed E-state index contributed by atoms with van der Waals surface area (Å²) >= 11 is 11.9. The number of hydrogen-bond donors (Lipinski definition) is 3. The fourth-order valence-electron chi connectivity index (χ4n) is 2.60. The Morgan fingerprint density at radius 3 is 2.65 bits per heavy atom. The minimum Gasteiger partial charge on any atom is -0.340 e. The van der Waals surface area contributed by atoms with Gasteiger partial charge in [-0.25, -0.2) is 0 Å². The maximum Gasteiger partial charge on any atom is 0.254 e. The lowest BCUT2D eigenvalue weighted by atomic mass is 10.1. The molecule has 0 radical (unpaired) electrons. The number of nitrogens with one attached hydrogen (secondary N) is 3. The number of hydrogen-bond acceptors (Lipinski definition) is 3. The molecule has 2 aromatic carbocycles. The van der Waals surface area contributed by atoms with Crippen LogP contribution in [-0.2, 0) is 9.59 Å². The highest BCUT2D eigenvalue weighted by molar-refractivity contribution is 6.44. The average molecular weight is 392 g/mol. The van der Waals surface area contributed by atoms with Gasteiger partial charge in [0.25, 0.3) is 5.91 Å². The Hall–Kier alpha value is -2.57. The number of rotatable bonds is 4. The summed E-state index contributed by atoms with van der Waals surface area (Å²) in [6.45, 7) is 0. The van der Waals surface area contributed by atoms with Gasteiger partial charge in [0, 0.05) is 6.42 Å². The molecule has 0 aliphatic carbocycles. The van der Waals surface area contributed by atoms with Gasteiger partial charge in [-0.3, -0.25) is 14.4 Å². The molecule has 0 saturated carbocycles. The topological polar surface area (TPSA) is 87.3 Å². The van der Waals surface area contributed by atoms with Crippen molar-refractivity contribution in [2.75, 3.05) is 10.6 Å². The molecular weight excluding hydrogens is 377 g/mol. The van der Waals surface area contributed by atoms with Crippen LogP contribution < -0.4 is 16.0 Å².